The van der Waals surface area contributed by atoms with Crippen LogP contribution in [-0.4, -0.2) is 106 Å². The van der Waals surface area contributed by atoms with E-state index in [0.717, 1.165) is 0 Å². The van der Waals surface area contributed by atoms with Gasteiger partial charge in [-0.15, -0.1) is 0 Å². The van der Waals surface area contributed by atoms with E-state index in [1.807, 2.05) is 0 Å². The Kier molecular flexibility index (Phi) is 17.3. The first-order chi connectivity index (χ1) is 5.57. The summed E-state index contributed by atoms with van der Waals surface area (Å²) in [6, 6.07) is -0.994. The zero-order valence-electron chi connectivity index (χ0n) is 8.36. The van der Waals surface area contributed by atoms with E-state index in [4.69, 9.17) is 15.3 Å². The van der Waals surface area contributed by atoms with Crippen molar-refractivity contribution < 1.29 is 24.9 Å². The van der Waals surface area contributed by atoms with E-state index in [1.54, 1.807) is 0 Å². The molecule has 6 nitrogen and oxygen atoms in total. The molecule has 0 aromatic carbocycles. The fourth-order valence-electron chi connectivity index (χ4n) is 0.652. The van der Waals surface area contributed by atoms with Crippen LogP contribution in [0.4, 0.5) is 0 Å². The third-order valence-electron chi connectivity index (χ3n) is 1.22. The Morgan fingerprint density at radius 2 is 1.71 bits per heavy atom. The number of nitrogens with one attached hydrogen (secondary N) is 1. The molecule has 0 aliphatic carbocycles. The topological polar surface area (TPSA) is 107 Å². The van der Waals surface area contributed by atoms with E-state index >= 15 is 0 Å². The van der Waals surface area contributed by atoms with E-state index in [1.165, 1.54) is 0 Å². The average molecular weight is 223 g/mol. The quantitative estimate of drug-likeness (QED) is 0.378. The molecule has 0 heterocycles. The Hall–Kier alpha value is 0.860. The summed E-state index contributed by atoms with van der Waals surface area (Å²) in [6.07, 6.45) is 0.00259. The van der Waals surface area contributed by atoms with Gasteiger partial charge in [0.25, 0.3) is 0 Å². The van der Waals surface area contributed by atoms with Crippen LogP contribution in [0.25, 0.3) is 0 Å². The van der Waals surface area contributed by atoms with Crippen molar-refractivity contribution in [2.75, 3.05) is 13.2 Å². The molecule has 0 aliphatic rings. The van der Waals surface area contributed by atoms with Gasteiger partial charge in [-0.3, -0.25) is 14.9 Å². The average Bonchev–Trinajstić information content (AvgIpc) is 1.96. The second kappa shape index (κ2) is 11.9. The largest absolute Gasteiger partial charge is 0.480 e. The number of carboxylic acids is 2. The molecule has 2 radical (unpaired) electrons. The number of aliphatic carboxylic acids is 2. The van der Waals surface area contributed by atoms with Gasteiger partial charge in [-0.2, -0.15) is 0 Å². The molecule has 4 N–H and O–H groups in total. The van der Waals surface area contributed by atoms with Gasteiger partial charge in [0, 0.05) is 65.7 Å². The SMILES string of the molecule is O=C(O)CNC(CCO)C(=O)O.[Na].[Na]. The predicted octanol–water partition coefficient (Wildman–Crippen LogP) is -2.27. The van der Waals surface area contributed by atoms with Crippen LogP contribution in [0.1, 0.15) is 6.42 Å². The molecular formula is C6H11NNa2O5. The molecule has 0 spiro atoms. The molecule has 0 saturated heterocycles. The van der Waals surface area contributed by atoms with Crippen LogP contribution >= 0.6 is 0 Å². The normalized spacial score (nSPS) is 10.6. The number of carboxylic acid groups (broad SMARTS) is 2. The maximum absolute atomic E-state index is 10.3. The second-order valence-electron chi connectivity index (χ2n) is 2.18. The second-order valence-corrected chi connectivity index (χ2v) is 2.18. The summed E-state index contributed by atoms with van der Waals surface area (Å²) in [4.78, 5) is 20.3. The molecule has 0 aliphatic heterocycles. The molecule has 1 unspecified atom stereocenters. The Balaban J connectivity index is -0.000000605. The molecule has 0 bridgehead atoms. The summed E-state index contributed by atoms with van der Waals surface area (Å²) >= 11 is 0. The van der Waals surface area contributed by atoms with Crippen LogP contribution in [0.3, 0.4) is 0 Å². The fraction of sp³-hybridized carbons (Fsp3) is 0.667. The maximum atomic E-state index is 10.3. The van der Waals surface area contributed by atoms with Gasteiger partial charge in [0.05, 0.1) is 6.54 Å². The summed E-state index contributed by atoms with van der Waals surface area (Å²) < 4.78 is 0. The van der Waals surface area contributed by atoms with E-state index in [-0.39, 0.29) is 72.1 Å². The zero-order valence-corrected chi connectivity index (χ0v) is 12.4. The Labute approximate surface area is 126 Å². The fourth-order valence-corrected chi connectivity index (χ4v) is 0.652. The predicted molar refractivity (Wildman–Crippen MR) is 50.3 cm³/mol. The molecular weight excluding hydrogens is 212 g/mol. The number of carbonyl (C=O) groups is 2. The van der Waals surface area contributed by atoms with E-state index in [2.05, 4.69) is 5.32 Å². The molecule has 0 amide bonds. The molecule has 1 atom stereocenters. The maximum Gasteiger partial charge on any atom is 0.320 e. The van der Waals surface area contributed by atoms with Crippen molar-refractivity contribution in [2.45, 2.75) is 12.5 Å². The van der Waals surface area contributed by atoms with Crippen molar-refractivity contribution >= 4 is 71.1 Å². The smallest absolute Gasteiger partial charge is 0.320 e. The zero-order chi connectivity index (χ0) is 9.56. The van der Waals surface area contributed by atoms with Gasteiger partial charge in [-0.25, -0.2) is 0 Å². The minimum absolute atomic E-state index is 0. The van der Waals surface area contributed by atoms with Crippen LogP contribution in [0.5, 0.6) is 0 Å². The van der Waals surface area contributed by atoms with Crippen LogP contribution in [-0.2, 0) is 9.59 Å². The van der Waals surface area contributed by atoms with Gasteiger partial charge in [-0.1, -0.05) is 0 Å². The number of aliphatic hydroxyl groups is 1. The summed E-state index contributed by atoms with van der Waals surface area (Å²) in [5.41, 5.74) is 0. The number of aliphatic hydroxyl groups excluding tert-OH is 1. The number of hydrogen-bond acceptors (Lipinski definition) is 4. The van der Waals surface area contributed by atoms with Gasteiger partial charge in [0.2, 0.25) is 0 Å². The van der Waals surface area contributed by atoms with Gasteiger partial charge in [-0.05, 0) is 6.42 Å². The monoisotopic (exact) mass is 223 g/mol. The van der Waals surface area contributed by atoms with Crippen LogP contribution in [0.15, 0.2) is 0 Å². The van der Waals surface area contributed by atoms with Crippen LogP contribution in [0, 0.1) is 0 Å². The molecule has 0 aromatic rings. The van der Waals surface area contributed by atoms with Gasteiger partial charge < -0.3 is 15.3 Å². The molecule has 0 fully saturated rings. The van der Waals surface area contributed by atoms with E-state index in [9.17, 15) is 9.59 Å². The minimum Gasteiger partial charge on any atom is -0.480 e. The van der Waals surface area contributed by atoms with Crippen molar-refractivity contribution in [3.63, 3.8) is 0 Å². The Morgan fingerprint density at radius 3 is 2.00 bits per heavy atom. The summed E-state index contributed by atoms with van der Waals surface area (Å²) in [6.45, 7) is -0.708. The summed E-state index contributed by atoms with van der Waals surface area (Å²) in [5.74, 6) is -2.29. The van der Waals surface area contributed by atoms with Crippen molar-refractivity contribution in [1.29, 1.82) is 0 Å². The first kappa shape index (κ1) is 20.3. The third kappa shape index (κ3) is 10.9. The molecule has 0 saturated carbocycles. The Morgan fingerprint density at radius 1 is 1.21 bits per heavy atom. The third-order valence-corrected chi connectivity index (χ3v) is 1.22. The van der Waals surface area contributed by atoms with E-state index in [0.29, 0.717) is 0 Å². The number of rotatable bonds is 6. The molecule has 8 heteroatoms. The molecule has 14 heavy (non-hydrogen) atoms. The van der Waals surface area contributed by atoms with Crippen LogP contribution in [0.2, 0.25) is 0 Å². The minimum atomic E-state index is -1.16. The van der Waals surface area contributed by atoms with Crippen molar-refractivity contribution in [3.05, 3.63) is 0 Å². The number of hydrogen-bond donors (Lipinski definition) is 4. The van der Waals surface area contributed by atoms with Gasteiger partial charge >= 0.3 is 11.9 Å². The van der Waals surface area contributed by atoms with Crippen molar-refractivity contribution in [2.24, 2.45) is 0 Å². The standard InChI is InChI=1S/C6H11NO5.2Na/c8-2-1-4(6(11)12)7-3-5(9)10;;/h4,7-8H,1-3H2,(H,9,10)(H,11,12);;. The van der Waals surface area contributed by atoms with Gasteiger partial charge in [0.15, 0.2) is 0 Å². The Bertz CT molecular complexity index is 178. The van der Waals surface area contributed by atoms with Gasteiger partial charge in [0.1, 0.15) is 6.04 Å². The molecule has 72 valence electrons. The molecule has 0 aromatic heterocycles. The van der Waals surface area contributed by atoms with Crippen molar-refractivity contribution in [3.8, 4) is 0 Å². The van der Waals surface area contributed by atoms with Crippen LogP contribution < -0.4 is 5.32 Å². The summed E-state index contributed by atoms with van der Waals surface area (Å²) in [5, 5.41) is 27.3. The molecule has 0 rings (SSSR count). The van der Waals surface area contributed by atoms with Crippen molar-refractivity contribution in [1.82, 2.24) is 5.32 Å². The first-order valence-electron chi connectivity index (χ1n) is 3.36. The first-order valence-corrected chi connectivity index (χ1v) is 3.36. The van der Waals surface area contributed by atoms with E-state index < -0.39 is 24.5 Å². The summed E-state index contributed by atoms with van der Waals surface area (Å²) in [7, 11) is 0.